The summed E-state index contributed by atoms with van der Waals surface area (Å²) in [5, 5.41) is 2.43. The van der Waals surface area contributed by atoms with Gasteiger partial charge < -0.3 is 19.9 Å². The maximum absolute atomic E-state index is 12.5. The molecule has 2 aromatic carbocycles. The van der Waals surface area contributed by atoms with E-state index in [9.17, 15) is 9.59 Å². The number of carbonyl (C=O) groups is 2. The van der Waals surface area contributed by atoms with Crippen LogP contribution in [0.1, 0.15) is 24.7 Å². The number of nitrogens with one attached hydrogen (secondary N) is 2. The minimum atomic E-state index is -0.626. The molecular formula is C24H28N4O3S. The number of aryl methyl sites for hydroxylation is 1. The number of hydrogen-bond acceptors (Lipinski definition) is 5. The summed E-state index contributed by atoms with van der Waals surface area (Å²) in [7, 11) is 1.27. The van der Waals surface area contributed by atoms with Gasteiger partial charge in [0, 0.05) is 21.9 Å². The van der Waals surface area contributed by atoms with Gasteiger partial charge in [-0.05, 0) is 37.1 Å². The van der Waals surface area contributed by atoms with Crippen molar-refractivity contribution in [3.8, 4) is 11.3 Å². The van der Waals surface area contributed by atoms with Gasteiger partial charge in [0.1, 0.15) is 12.4 Å². The van der Waals surface area contributed by atoms with Crippen LogP contribution in [0.25, 0.3) is 11.3 Å². The molecule has 0 aliphatic rings. The van der Waals surface area contributed by atoms with Crippen LogP contribution in [-0.4, -0.2) is 47.1 Å². The molecule has 8 heteroatoms. The standard InChI is InChI=1S/C24H28N4O3S/c1-4-12-28(23(29)15-26-24(30)31-3)16-22-25-14-20(27-22)18-11-10-17(2)21(13-18)32-19-8-6-5-7-9-19/h5-11,13-14H,4,12,15-16H2,1-3H3,(H,25,27)(H,26,30). The summed E-state index contributed by atoms with van der Waals surface area (Å²) in [6.07, 6.45) is 1.96. The number of ether oxygens (including phenoxy) is 1. The number of nitrogens with zero attached hydrogens (tertiary/aromatic N) is 2. The van der Waals surface area contributed by atoms with Gasteiger partial charge in [0.2, 0.25) is 5.91 Å². The molecule has 0 bridgehead atoms. The molecule has 3 rings (SSSR count). The number of rotatable bonds is 9. The van der Waals surface area contributed by atoms with E-state index in [1.165, 1.54) is 22.5 Å². The Bertz CT molecular complexity index is 1050. The Morgan fingerprint density at radius 2 is 1.97 bits per heavy atom. The molecule has 1 heterocycles. The molecule has 2 amide bonds. The van der Waals surface area contributed by atoms with Crippen LogP contribution >= 0.6 is 11.8 Å². The third-order valence-corrected chi connectivity index (χ3v) is 6.02. The molecule has 32 heavy (non-hydrogen) atoms. The molecule has 0 spiro atoms. The van der Waals surface area contributed by atoms with E-state index in [2.05, 4.69) is 57.3 Å². The summed E-state index contributed by atoms with van der Waals surface area (Å²) in [6.45, 7) is 4.90. The topological polar surface area (TPSA) is 87.3 Å². The molecule has 3 aromatic rings. The summed E-state index contributed by atoms with van der Waals surface area (Å²) in [5.74, 6) is 0.504. The Morgan fingerprint density at radius 3 is 2.69 bits per heavy atom. The molecule has 0 atom stereocenters. The quantitative estimate of drug-likeness (QED) is 0.494. The van der Waals surface area contributed by atoms with Gasteiger partial charge in [0.05, 0.1) is 25.5 Å². The Hall–Kier alpha value is -3.26. The van der Waals surface area contributed by atoms with E-state index >= 15 is 0 Å². The highest BCUT2D eigenvalue weighted by molar-refractivity contribution is 7.99. The molecular weight excluding hydrogens is 424 g/mol. The third-order valence-electron chi connectivity index (χ3n) is 4.85. The number of methoxy groups -OCH3 is 1. The average molecular weight is 453 g/mol. The second-order valence-corrected chi connectivity index (χ2v) is 8.41. The van der Waals surface area contributed by atoms with Gasteiger partial charge in [-0.2, -0.15) is 0 Å². The first-order valence-electron chi connectivity index (χ1n) is 10.5. The van der Waals surface area contributed by atoms with Crippen LogP contribution in [0.3, 0.4) is 0 Å². The van der Waals surface area contributed by atoms with Gasteiger partial charge in [0.15, 0.2) is 0 Å². The van der Waals surface area contributed by atoms with Crippen molar-refractivity contribution in [2.75, 3.05) is 20.2 Å². The molecule has 0 aliphatic carbocycles. The number of benzene rings is 2. The molecule has 0 saturated carbocycles. The van der Waals surface area contributed by atoms with E-state index in [4.69, 9.17) is 0 Å². The summed E-state index contributed by atoms with van der Waals surface area (Å²) >= 11 is 1.73. The fourth-order valence-electron chi connectivity index (χ4n) is 3.16. The van der Waals surface area contributed by atoms with Crippen molar-refractivity contribution in [2.24, 2.45) is 0 Å². The molecule has 0 fully saturated rings. The number of carbonyl (C=O) groups excluding carboxylic acids is 2. The van der Waals surface area contributed by atoms with Crippen LogP contribution in [-0.2, 0) is 16.1 Å². The lowest BCUT2D eigenvalue weighted by Gasteiger charge is -2.21. The lowest BCUT2D eigenvalue weighted by atomic mass is 10.1. The highest BCUT2D eigenvalue weighted by Gasteiger charge is 2.16. The monoisotopic (exact) mass is 452 g/mol. The van der Waals surface area contributed by atoms with Gasteiger partial charge in [0.25, 0.3) is 0 Å². The van der Waals surface area contributed by atoms with Crippen LogP contribution in [0.2, 0.25) is 0 Å². The molecule has 0 radical (unpaired) electrons. The molecule has 7 nitrogen and oxygen atoms in total. The number of aromatic amines is 1. The number of aromatic nitrogens is 2. The van der Waals surface area contributed by atoms with Crippen LogP contribution in [0, 0.1) is 6.92 Å². The van der Waals surface area contributed by atoms with Crippen molar-refractivity contribution < 1.29 is 14.3 Å². The van der Waals surface area contributed by atoms with Crippen LogP contribution in [0.5, 0.6) is 0 Å². The van der Waals surface area contributed by atoms with E-state index in [1.807, 2.05) is 25.1 Å². The Kier molecular flexibility index (Phi) is 8.33. The second kappa shape index (κ2) is 11.4. The van der Waals surface area contributed by atoms with E-state index in [1.54, 1.807) is 22.9 Å². The summed E-state index contributed by atoms with van der Waals surface area (Å²) in [6, 6.07) is 16.6. The first-order valence-corrected chi connectivity index (χ1v) is 11.3. The minimum Gasteiger partial charge on any atom is -0.453 e. The summed E-state index contributed by atoms with van der Waals surface area (Å²) in [4.78, 5) is 35.6. The Labute approximate surface area is 192 Å². The number of imidazole rings is 1. The number of amides is 2. The lowest BCUT2D eigenvalue weighted by Crippen LogP contribution is -2.40. The van der Waals surface area contributed by atoms with Gasteiger partial charge in [-0.1, -0.05) is 49.0 Å². The van der Waals surface area contributed by atoms with Crippen molar-refractivity contribution in [1.82, 2.24) is 20.2 Å². The predicted octanol–water partition coefficient (Wildman–Crippen LogP) is 4.63. The zero-order valence-corrected chi connectivity index (χ0v) is 19.4. The zero-order chi connectivity index (χ0) is 22.9. The summed E-state index contributed by atoms with van der Waals surface area (Å²) in [5.41, 5.74) is 3.14. The highest BCUT2D eigenvalue weighted by Crippen LogP contribution is 2.33. The highest BCUT2D eigenvalue weighted by atomic mass is 32.2. The average Bonchev–Trinajstić information content (AvgIpc) is 3.27. The zero-order valence-electron chi connectivity index (χ0n) is 18.6. The molecule has 0 unspecified atom stereocenters. The predicted molar refractivity (Wildman–Crippen MR) is 125 cm³/mol. The number of alkyl carbamates (subject to hydrolysis) is 1. The molecule has 0 saturated heterocycles. The van der Waals surface area contributed by atoms with Gasteiger partial charge in [-0.3, -0.25) is 4.79 Å². The smallest absolute Gasteiger partial charge is 0.407 e. The van der Waals surface area contributed by atoms with Gasteiger partial charge in [-0.25, -0.2) is 9.78 Å². The molecule has 2 N–H and O–H groups in total. The molecule has 0 aliphatic heterocycles. The fourth-order valence-corrected chi connectivity index (χ4v) is 4.12. The second-order valence-electron chi connectivity index (χ2n) is 7.30. The number of hydrogen-bond donors (Lipinski definition) is 2. The van der Waals surface area contributed by atoms with Crippen molar-refractivity contribution in [3.05, 3.63) is 66.1 Å². The fraction of sp³-hybridized carbons (Fsp3) is 0.292. The van der Waals surface area contributed by atoms with Gasteiger partial charge in [-0.15, -0.1) is 0 Å². The van der Waals surface area contributed by atoms with Crippen LogP contribution in [0.4, 0.5) is 4.79 Å². The summed E-state index contributed by atoms with van der Waals surface area (Å²) < 4.78 is 4.53. The van der Waals surface area contributed by atoms with Gasteiger partial charge >= 0.3 is 6.09 Å². The number of H-pyrrole nitrogens is 1. The van der Waals surface area contributed by atoms with Crippen molar-refractivity contribution in [1.29, 1.82) is 0 Å². The first kappa shape index (κ1) is 23.4. The molecule has 1 aromatic heterocycles. The van der Waals surface area contributed by atoms with E-state index in [-0.39, 0.29) is 12.5 Å². The van der Waals surface area contributed by atoms with Crippen molar-refractivity contribution in [3.63, 3.8) is 0 Å². The Balaban J connectivity index is 1.72. The van der Waals surface area contributed by atoms with E-state index in [0.29, 0.717) is 18.9 Å². The van der Waals surface area contributed by atoms with Crippen molar-refractivity contribution in [2.45, 2.75) is 36.6 Å². The SMILES string of the molecule is CCCN(Cc1ncc(-c2ccc(C)c(Sc3ccccc3)c2)[nH]1)C(=O)CNC(=O)OC. The lowest BCUT2D eigenvalue weighted by molar-refractivity contribution is -0.130. The maximum atomic E-state index is 12.5. The molecule has 168 valence electrons. The largest absolute Gasteiger partial charge is 0.453 e. The minimum absolute atomic E-state index is 0.113. The van der Waals surface area contributed by atoms with Crippen molar-refractivity contribution >= 4 is 23.8 Å². The Morgan fingerprint density at radius 1 is 1.19 bits per heavy atom. The van der Waals surface area contributed by atoms with Crippen LogP contribution < -0.4 is 5.32 Å². The van der Waals surface area contributed by atoms with E-state index in [0.717, 1.165) is 17.7 Å². The maximum Gasteiger partial charge on any atom is 0.407 e. The van der Waals surface area contributed by atoms with E-state index < -0.39 is 6.09 Å². The normalized spacial score (nSPS) is 10.6. The first-order chi connectivity index (χ1) is 15.5. The van der Waals surface area contributed by atoms with Crippen LogP contribution in [0.15, 0.2) is 64.5 Å². The third kappa shape index (κ3) is 6.37.